The first kappa shape index (κ1) is 67.9. The van der Waals surface area contributed by atoms with Crippen LogP contribution in [0.1, 0.15) is 92.9 Å². The molecule has 0 aliphatic carbocycles. The predicted molar refractivity (Wildman–Crippen MR) is 281 cm³/mol. The summed E-state index contributed by atoms with van der Waals surface area (Å²) in [5.74, 6) is -3.87. The number of isocyanates is 1. The minimum absolute atomic E-state index is 0.144. The Kier molecular flexibility index (Phi) is 31.8. The molecule has 0 aromatic carbocycles. The number of aliphatic imine (C=N–C) groups is 1. The van der Waals surface area contributed by atoms with Gasteiger partial charge in [0.15, 0.2) is 12.1 Å². The van der Waals surface area contributed by atoms with Crippen molar-refractivity contribution in [2.45, 2.75) is 196 Å². The van der Waals surface area contributed by atoms with Crippen molar-refractivity contribution in [2.24, 2.45) is 16.8 Å². The molecular weight excluding hydrogens is 1010 g/mol. The van der Waals surface area contributed by atoms with Crippen molar-refractivity contribution in [3.8, 4) is 0 Å². The van der Waals surface area contributed by atoms with E-state index in [0.29, 0.717) is 0 Å². The van der Waals surface area contributed by atoms with E-state index >= 15 is 0 Å². The summed E-state index contributed by atoms with van der Waals surface area (Å²) in [7, 11) is 0. The van der Waals surface area contributed by atoms with Gasteiger partial charge in [-0.3, -0.25) is 4.79 Å². The fourth-order valence-corrected chi connectivity index (χ4v) is 8.52. The van der Waals surface area contributed by atoms with Crippen LogP contribution in [0.5, 0.6) is 0 Å². The van der Waals surface area contributed by atoms with Crippen molar-refractivity contribution in [2.75, 3.05) is 13.2 Å². The second kappa shape index (κ2) is 36.1. The largest absolute Gasteiger partial charge is 0.508 e. The quantitative estimate of drug-likeness (QED) is 0.0112. The van der Waals surface area contributed by atoms with E-state index in [1.807, 2.05) is 62.5 Å². The van der Waals surface area contributed by atoms with E-state index in [-0.39, 0.29) is 44.8 Å². The number of aliphatic hydroxyl groups excluding tert-OH is 8. The number of esters is 1. The number of amides is 1. The summed E-state index contributed by atoms with van der Waals surface area (Å²) in [5.41, 5.74) is 0. The molecule has 19 unspecified atom stereocenters. The highest BCUT2D eigenvalue weighted by atomic mass is 16.7. The number of carbonyl (C=O) groups excluding carboxylic acids is 4. The summed E-state index contributed by atoms with van der Waals surface area (Å²) in [4.78, 5) is 53.6. The summed E-state index contributed by atoms with van der Waals surface area (Å²) < 4.78 is 39.0. The number of ether oxygens (including phenoxy) is 7. The van der Waals surface area contributed by atoms with Gasteiger partial charge in [-0.2, -0.15) is 4.99 Å². The molecule has 0 radical (unpaired) electrons. The molecule has 77 heavy (non-hydrogen) atoms. The Hall–Kier alpha value is -5.17. The highest BCUT2D eigenvalue weighted by Crippen LogP contribution is 2.38. The summed E-state index contributed by atoms with van der Waals surface area (Å²) in [6.45, 7) is 16.8. The fraction of sp³-hybridized carbons (Fsp3) is 0.636. The van der Waals surface area contributed by atoms with Gasteiger partial charge in [0.25, 0.3) is 0 Å². The van der Waals surface area contributed by atoms with Gasteiger partial charge in [-0.1, -0.05) is 112 Å². The van der Waals surface area contributed by atoms with Crippen molar-refractivity contribution >= 4 is 24.3 Å². The predicted octanol–water partition coefficient (Wildman–Crippen LogP) is 3.49. The maximum absolute atomic E-state index is 12.8. The van der Waals surface area contributed by atoms with Gasteiger partial charge >= 0.3 is 18.2 Å². The lowest BCUT2D eigenvalue weighted by atomic mass is 9.87. The fourth-order valence-electron chi connectivity index (χ4n) is 8.52. The third-order valence-corrected chi connectivity index (χ3v) is 12.8. The van der Waals surface area contributed by atoms with Gasteiger partial charge in [0.1, 0.15) is 43.7 Å². The highest BCUT2D eigenvalue weighted by molar-refractivity contribution is 5.70. The molecular formula is C55H84N2O20. The maximum Gasteiger partial charge on any atom is 0.508 e. The molecule has 2 aliphatic rings. The van der Waals surface area contributed by atoms with Crippen molar-refractivity contribution < 1.29 is 98.3 Å². The smallest absolute Gasteiger partial charge is 0.462 e. The van der Waals surface area contributed by atoms with Crippen LogP contribution in [-0.4, -0.2) is 187 Å². The number of aliphatic hydroxyl groups is 9. The van der Waals surface area contributed by atoms with Crippen LogP contribution < -0.4 is 5.32 Å². The van der Waals surface area contributed by atoms with Crippen LogP contribution in [0.3, 0.4) is 0 Å². The van der Waals surface area contributed by atoms with Gasteiger partial charge < -0.3 is 84.4 Å². The van der Waals surface area contributed by atoms with Gasteiger partial charge in [-0.25, -0.2) is 14.4 Å². The molecule has 22 nitrogen and oxygen atoms in total. The third kappa shape index (κ3) is 25.0. The van der Waals surface area contributed by atoms with E-state index in [2.05, 4.69) is 23.5 Å². The molecule has 2 saturated heterocycles. The van der Waals surface area contributed by atoms with E-state index in [9.17, 15) is 65.1 Å². The second-order valence-electron chi connectivity index (χ2n) is 19.2. The molecule has 1 amide bonds. The first-order chi connectivity index (χ1) is 36.5. The molecule has 434 valence electrons. The molecule has 0 aromatic rings. The Bertz CT molecular complexity index is 2020. The molecule has 19 atom stereocenters. The zero-order chi connectivity index (χ0) is 57.7. The van der Waals surface area contributed by atoms with Crippen LogP contribution in [0.4, 0.5) is 9.59 Å². The van der Waals surface area contributed by atoms with Crippen molar-refractivity contribution in [3.05, 3.63) is 98.2 Å². The normalized spacial score (nSPS) is 28.0. The van der Waals surface area contributed by atoms with Crippen LogP contribution in [0.25, 0.3) is 0 Å². The number of nitrogens with zero attached hydrogens (tertiary/aromatic N) is 1. The van der Waals surface area contributed by atoms with E-state index in [4.69, 9.17) is 33.2 Å². The van der Waals surface area contributed by atoms with Gasteiger partial charge in [0, 0.05) is 37.5 Å². The van der Waals surface area contributed by atoms with Gasteiger partial charge in [0.2, 0.25) is 6.08 Å². The van der Waals surface area contributed by atoms with Crippen LogP contribution in [0.15, 0.2) is 103 Å². The van der Waals surface area contributed by atoms with E-state index in [1.54, 1.807) is 39.0 Å². The van der Waals surface area contributed by atoms with Crippen LogP contribution in [0, 0.1) is 11.8 Å². The lowest BCUT2D eigenvalue weighted by molar-refractivity contribution is -0.302. The van der Waals surface area contributed by atoms with E-state index in [1.165, 1.54) is 31.2 Å². The van der Waals surface area contributed by atoms with E-state index in [0.717, 1.165) is 0 Å². The standard InChI is InChI=1S/C55H84N2O20/c1-9-13-15-16-17-18-20-21-34(5)49(65)35(6)36(7)73-46(64)29-39(60)27-38(59)23-24-42(62)43(63)28-40(61)31-55(70)32-45(76-54(69)72-26-12-4)47(56-33-58)44(77-55)30-41(22-19-14-10-2)75-52-51(67)48(50(66)37(8)74-52)57-53(68)71-25-11-3/h9-22,34-45,47-52,59-63,65-67,70H,3-4,23-32H2,1-2,5-8H3,(H,57,68)/b13-9+,14-10+,16-15+,18-17+,21-20+,22-19+. The van der Waals surface area contributed by atoms with Crippen molar-refractivity contribution in [1.82, 2.24) is 5.32 Å². The average molecular weight is 1090 g/mol. The van der Waals surface area contributed by atoms with Crippen molar-refractivity contribution in [1.29, 1.82) is 0 Å². The Morgan fingerprint density at radius 2 is 1.44 bits per heavy atom. The lowest BCUT2D eigenvalue weighted by Gasteiger charge is -2.45. The molecule has 22 heteroatoms. The number of hydrogen-bond donors (Lipinski definition) is 10. The monoisotopic (exact) mass is 1090 g/mol. The first-order valence-corrected chi connectivity index (χ1v) is 25.9. The molecule has 0 spiro atoms. The van der Waals surface area contributed by atoms with Gasteiger partial charge in [-0.15, -0.1) is 0 Å². The number of allylic oxidation sites excluding steroid dienone is 10. The van der Waals surface area contributed by atoms with Gasteiger partial charge in [0.05, 0.1) is 67.4 Å². The topological polar surface area (TPSA) is 339 Å². The number of alkyl carbamates (subject to hydrolysis) is 1. The summed E-state index contributed by atoms with van der Waals surface area (Å²) in [5, 5.41) is 102. The average Bonchev–Trinajstić information content (AvgIpc) is 3.36. The zero-order valence-electron chi connectivity index (χ0n) is 44.9. The molecule has 0 saturated carbocycles. The molecule has 2 rings (SSSR count). The van der Waals surface area contributed by atoms with Gasteiger partial charge in [-0.05, 0) is 47.0 Å². The first-order valence-electron chi connectivity index (χ1n) is 25.9. The molecule has 10 N–H and O–H groups in total. The van der Waals surface area contributed by atoms with E-state index < -0.39 is 153 Å². The molecule has 2 fully saturated rings. The number of hydrogen-bond acceptors (Lipinski definition) is 21. The molecule has 0 aromatic heterocycles. The lowest BCUT2D eigenvalue weighted by Crippen LogP contribution is -2.64. The highest BCUT2D eigenvalue weighted by Gasteiger charge is 2.51. The summed E-state index contributed by atoms with van der Waals surface area (Å²) >= 11 is 0. The number of nitrogens with one attached hydrogen (secondary N) is 1. The number of rotatable bonds is 33. The Morgan fingerprint density at radius 3 is 2.09 bits per heavy atom. The molecule has 0 bridgehead atoms. The summed E-state index contributed by atoms with van der Waals surface area (Å²) in [6, 6.07) is -2.74. The zero-order valence-corrected chi connectivity index (χ0v) is 44.9. The second-order valence-corrected chi connectivity index (χ2v) is 19.2. The van der Waals surface area contributed by atoms with Crippen LogP contribution in [0.2, 0.25) is 0 Å². The Morgan fingerprint density at radius 1 is 0.818 bits per heavy atom. The van der Waals surface area contributed by atoms with Crippen molar-refractivity contribution in [3.63, 3.8) is 0 Å². The van der Waals surface area contributed by atoms with Crippen LogP contribution in [-0.2, 0) is 42.7 Å². The Balaban J connectivity index is 2.15. The van der Waals surface area contributed by atoms with Crippen LogP contribution >= 0.6 is 0 Å². The minimum atomic E-state index is -2.40. The Labute approximate surface area is 451 Å². The molecule has 2 heterocycles. The minimum Gasteiger partial charge on any atom is -0.462 e. The maximum atomic E-state index is 12.8. The number of carbonyl (C=O) groups is 3. The SMILES string of the molecule is C=CCOC(=O)NC1C(O)C(C)OC(OC(/C=C/C=C/C)CC2OC(O)(CC(O)CC(O)C(O)CCC(O)CC(O)CC(=O)OC(C)C(C)C(O)C(C)/C=C/C=C/C=C/C=C/C)CC(OC(=O)OCC=C)C2N=C=O)C1O. The molecule has 2 aliphatic heterocycles. The summed E-state index contributed by atoms with van der Waals surface area (Å²) in [6.07, 6.45) is 1.17. The third-order valence-electron chi connectivity index (χ3n) is 12.8.